The Bertz CT molecular complexity index is 1070. The molecule has 3 rings (SSSR count). The van der Waals surface area contributed by atoms with Gasteiger partial charge in [0.1, 0.15) is 36.3 Å². The van der Waals surface area contributed by atoms with Gasteiger partial charge in [-0.2, -0.15) is 4.98 Å². The number of nitrogens with two attached hydrogens (primary N) is 1. The van der Waals surface area contributed by atoms with Gasteiger partial charge in [0.05, 0.1) is 6.61 Å². The highest BCUT2D eigenvalue weighted by Crippen LogP contribution is 2.56. The lowest BCUT2D eigenvalue weighted by molar-refractivity contribution is -0.269. The summed E-state index contributed by atoms with van der Waals surface area (Å²) in [6.07, 6.45) is -10.6. The standard InChI is InChI=1S/C15H23N3O14P2/c1-6-7(19)4-8(20)14(29-6)31-34(26,27)32-33(24,25)28-5-9-11(21)12(22)13(30-9)18-3-2-10(16)17-15(18)23/h2-3,6,8-9,11-14,20-22H,4-5H2,1H3,(H,24,25)(H,26,27)(H2,16,17,23)/p-2/t6-,8-,9-,11-,12-,13-,14?/m1/s1. The van der Waals surface area contributed by atoms with Gasteiger partial charge in [-0.1, -0.05) is 0 Å². The van der Waals surface area contributed by atoms with Crippen molar-refractivity contribution in [2.75, 3.05) is 12.3 Å². The van der Waals surface area contributed by atoms with E-state index < -0.39 is 83.2 Å². The van der Waals surface area contributed by atoms with Gasteiger partial charge in [-0.25, -0.2) is 9.11 Å². The van der Waals surface area contributed by atoms with Gasteiger partial charge in [-0.3, -0.25) is 23.0 Å². The maximum absolute atomic E-state index is 12.0. The van der Waals surface area contributed by atoms with Crippen LogP contribution >= 0.6 is 15.6 Å². The van der Waals surface area contributed by atoms with Crippen molar-refractivity contribution in [1.29, 1.82) is 0 Å². The Hall–Kier alpha value is -1.59. The van der Waals surface area contributed by atoms with Crippen LogP contribution in [0.1, 0.15) is 19.6 Å². The Labute approximate surface area is 190 Å². The molecule has 0 bridgehead atoms. The molecule has 0 aliphatic carbocycles. The number of ether oxygens (including phenoxy) is 2. The van der Waals surface area contributed by atoms with Crippen LogP contribution in [0.4, 0.5) is 5.82 Å². The molecule has 2 aliphatic heterocycles. The Kier molecular flexibility index (Phi) is 8.09. The molecular formula is C15H21N3O14P2-2. The molecule has 0 spiro atoms. The van der Waals surface area contributed by atoms with Crippen molar-refractivity contribution >= 4 is 27.2 Å². The molecule has 3 unspecified atom stereocenters. The zero-order valence-corrected chi connectivity index (χ0v) is 19.1. The highest BCUT2D eigenvalue weighted by atomic mass is 31.3. The molecule has 0 saturated carbocycles. The summed E-state index contributed by atoms with van der Waals surface area (Å²) in [7, 11) is -11.4. The molecule has 34 heavy (non-hydrogen) atoms. The molecule has 0 amide bonds. The summed E-state index contributed by atoms with van der Waals surface area (Å²) in [5.74, 6) is -0.644. The summed E-state index contributed by atoms with van der Waals surface area (Å²) in [5, 5.41) is 29.9. The quantitative estimate of drug-likeness (QED) is 0.238. The normalized spacial score (nSPS) is 35.6. The predicted molar refractivity (Wildman–Crippen MR) is 102 cm³/mol. The van der Waals surface area contributed by atoms with Crippen LogP contribution in [0.25, 0.3) is 0 Å². The number of aliphatic hydroxyl groups is 3. The maximum atomic E-state index is 12.0. The maximum Gasteiger partial charge on any atom is 0.351 e. The van der Waals surface area contributed by atoms with E-state index in [4.69, 9.17) is 15.2 Å². The number of rotatable bonds is 8. The third kappa shape index (κ3) is 6.34. The molecule has 9 atom stereocenters. The molecular weight excluding hydrogens is 508 g/mol. The number of ketones is 1. The zero-order chi connectivity index (χ0) is 25.4. The van der Waals surface area contributed by atoms with E-state index >= 15 is 0 Å². The number of nitrogen functional groups attached to an aromatic ring is 1. The minimum Gasteiger partial charge on any atom is -0.756 e. The van der Waals surface area contributed by atoms with Gasteiger partial charge >= 0.3 is 5.69 Å². The van der Waals surface area contributed by atoms with Crippen LogP contribution in [0.15, 0.2) is 17.1 Å². The number of phosphoric ester groups is 2. The van der Waals surface area contributed by atoms with Crippen molar-refractivity contribution in [1.82, 2.24) is 9.55 Å². The fourth-order valence-corrected chi connectivity index (χ4v) is 5.20. The Balaban J connectivity index is 1.59. The first-order chi connectivity index (χ1) is 15.7. The zero-order valence-electron chi connectivity index (χ0n) is 17.3. The molecule has 5 N–H and O–H groups in total. The van der Waals surface area contributed by atoms with Gasteiger partial charge in [0.15, 0.2) is 18.3 Å². The Morgan fingerprint density at radius 1 is 1.21 bits per heavy atom. The summed E-state index contributed by atoms with van der Waals surface area (Å²) >= 11 is 0. The fourth-order valence-electron chi connectivity index (χ4n) is 3.10. The summed E-state index contributed by atoms with van der Waals surface area (Å²) in [6.45, 7) is 0.243. The lowest BCUT2D eigenvalue weighted by Gasteiger charge is -2.37. The molecule has 192 valence electrons. The third-order valence-electron chi connectivity index (χ3n) is 4.81. The largest absolute Gasteiger partial charge is 0.756 e. The number of nitrogens with zero attached hydrogens (tertiary/aromatic N) is 2. The second-order valence-electron chi connectivity index (χ2n) is 7.35. The van der Waals surface area contributed by atoms with Crippen molar-refractivity contribution in [3.63, 3.8) is 0 Å². The van der Waals surface area contributed by atoms with Crippen LogP contribution in [-0.4, -0.2) is 74.1 Å². The molecule has 19 heteroatoms. The van der Waals surface area contributed by atoms with E-state index in [9.17, 15) is 43.8 Å². The molecule has 1 aromatic heterocycles. The van der Waals surface area contributed by atoms with Crippen LogP contribution in [0.5, 0.6) is 0 Å². The average molecular weight is 529 g/mol. The van der Waals surface area contributed by atoms with Gasteiger partial charge in [-0.15, -0.1) is 0 Å². The topological polar surface area (TPSA) is 265 Å². The second-order valence-corrected chi connectivity index (χ2v) is 10.3. The highest BCUT2D eigenvalue weighted by molar-refractivity contribution is 7.59. The summed E-state index contributed by atoms with van der Waals surface area (Å²) < 4.78 is 47.5. The number of anilines is 1. The molecule has 2 fully saturated rings. The summed E-state index contributed by atoms with van der Waals surface area (Å²) in [4.78, 5) is 50.7. The predicted octanol–water partition coefficient (Wildman–Crippen LogP) is -3.50. The first-order valence-corrected chi connectivity index (χ1v) is 12.5. The molecule has 17 nitrogen and oxygen atoms in total. The van der Waals surface area contributed by atoms with Gasteiger partial charge in [0.2, 0.25) is 0 Å². The van der Waals surface area contributed by atoms with Crippen molar-refractivity contribution in [3.8, 4) is 0 Å². The number of hydrogen-bond donors (Lipinski definition) is 4. The van der Waals surface area contributed by atoms with Gasteiger partial charge < -0.3 is 44.8 Å². The fraction of sp³-hybridized carbons (Fsp3) is 0.667. The van der Waals surface area contributed by atoms with Crippen LogP contribution < -0.4 is 21.2 Å². The van der Waals surface area contributed by atoms with Crippen LogP contribution in [0, 0.1) is 0 Å². The summed E-state index contributed by atoms with van der Waals surface area (Å²) in [5.41, 5.74) is 4.44. The smallest absolute Gasteiger partial charge is 0.351 e. The van der Waals surface area contributed by atoms with E-state index in [1.54, 1.807) is 0 Å². The number of aliphatic hydroxyl groups excluding tert-OH is 3. The van der Waals surface area contributed by atoms with Crippen molar-refractivity contribution in [2.45, 2.75) is 56.4 Å². The number of carbonyl (C=O) groups excluding carboxylic acids is 1. The van der Waals surface area contributed by atoms with Gasteiger partial charge in [-0.05, 0) is 13.0 Å². The van der Waals surface area contributed by atoms with Crippen molar-refractivity contribution < 1.29 is 61.9 Å². The number of phosphoric acid groups is 2. The number of Topliss-reactive ketones (excluding diaryl/α,β-unsaturated/α-hetero) is 1. The van der Waals surface area contributed by atoms with E-state index in [2.05, 4.69) is 18.3 Å². The van der Waals surface area contributed by atoms with Crippen LogP contribution in [-0.2, 0) is 36.8 Å². The third-order valence-corrected chi connectivity index (χ3v) is 7.34. The average Bonchev–Trinajstić information content (AvgIpc) is 2.98. The van der Waals surface area contributed by atoms with E-state index in [1.807, 2.05) is 0 Å². The number of hydrogen-bond acceptors (Lipinski definition) is 16. The first kappa shape index (κ1) is 27.0. The van der Waals surface area contributed by atoms with Gasteiger partial charge in [0.25, 0.3) is 15.6 Å². The van der Waals surface area contributed by atoms with Crippen LogP contribution in [0.3, 0.4) is 0 Å². The Morgan fingerprint density at radius 3 is 2.53 bits per heavy atom. The Morgan fingerprint density at radius 2 is 1.88 bits per heavy atom. The SMILES string of the molecule is C[C@H]1OC(OP(=O)([O-])OP(=O)([O-])OC[C@H]2O[C@@H](n3ccc(N)nc3=O)[C@H](O)[C@@H]2O)[C@H](O)CC1=O. The van der Waals surface area contributed by atoms with Crippen molar-refractivity contribution in [3.05, 3.63) is 22.7 Å². The lowest BCUT2D eigenvalue weighted by atomic mass is 10.1. The van der Waals surface area contributed by atoms with E-state index in [-0.39, 0.29) is 5.82 Å². The highest BCUT2D eigenvalue weighted by Gasteiger charge is 2.45. The monoisotopic (exact) mass is 529 g/mol. The van der Waals surface area contributed by atoms with E-state index in [0.29, 0.717) is 0 Å². The van der Waals surface area contributed by atoms with Gasteiger partial charge in [0, 0.05) is 12.6 Å². The molecule has 0 radical (unpaired) electrons. The van der Waals surface area contributed by atoms with Crippen molar-refractivity contribution in [2.24, 2.45) is 0 Å². The van der Waals surface area contributed by atoms with E-state index in [0.717, 1.165) is 10.8 Å². The number of aromatic nitrogens is 2. The molecule has 2 aliphatic rings. The molecule has 0 aromatic carbocycles. The minimum atomic E-state index is -5.69. The first-order valence-electron chi connectivity index (χ1n) is 9.58. The number of carbonyl (C=O) groups is 1. The van der Waals surface area contributed by atoms with Crippen LogP contribution in [0.2, 0.25) is 0 Å². The second kappa shape index (κ2) is 10.2. The van der Waals surface area contributed by atoms with E-state index in [1.165, 1.54) is 13.0 Å². The minimum absolute atomic E-state index is 0.116. The molecule has 1 aromatic rings. The summed E-state index contributed by atoms with van der Waals surface area (Å²) in [6, 6.07) is 1.21. The lowest BCUT2D eigenvalue weighted by Crippen LogP contribution is -2.45. The molecule has 2 saturated heterocycles. The molecule has 3 heterocycles.